The van der Waals surface area contributed by atoms with Gasteiger partial charge in [-0.15, -0.1) is 0 Å². The Kier molecular flexibility index (Phi) is 2.06. The van der Waals surface area contributed by atoms with Crippen LogP contribution in [0.4, 0.5) is 5.69 Å². The first-order chi connectivity index (χ1) is 8.28. The zero-order valence-electron chi connectivity index (χ0n) is 8.66. The summed E-state index contributed by atoms with van der Waals surface area (Å²) >= 11 is 1.48. The van der Waals surface area contributed by atoms with Crippen LogP contribution >= 0.6 is 11.3 Å². The third kappa shape index (κ3) is 1.53. The van der Waals surface area contributed by atoms with Crippen LogP contribution in [0.3, 0.4) is 0 Å². The molecule has 0 bridgehead atoms. The van der Waals surface area contributed by atoms with Gasteiger partial charge in [-0.1, -0.05) is 11.3 Å². The molecule has 0 fully saturated rings. The first-order valence-electron chi connectivity index (χ1n) is 4.88. The Bertz CT molecular complexity index is 734. The lowest BCUT2D eigenvalue weighted by atomic mass is 10.3. The summed E-state index contributed by atoms with van der Waals surface area (Å²) in [6.07, 6.45) is 3.30. The number of anilines is 1. The molecule has 2 N–H and O–H groups in total. The lowest BCUT2D eigenvalue weighted by Crippen LogP contribution is -1.94. The lowest BCUT2D eigenvalue weighted by molar-refractivity contribution is 1.01. The zero-order chi connectivity index (χ0) is 11.8. The quantitative estimate of drug-likeness (QED) is 0.660. The van der Waals surface area contributed by atoms with Gasteiger partial charge in [-0.05, 0) is 18.2 Å². The van der Waals surface area contributed by atoms with Gasteiger partial charge in [-0.25, -0.2) is 9.97 Å². The van der Waals surface area contributed by atoms with E-state index >= 15 is 0 Å². The number of hydrogen-bond donors (Lipinski definition) is 1. The molecule has 3 aromatic rings. The van der Waals surface area contributed by atoms with E-state index in [2.05, 4.69) is 9.97 Å². The molecule has 82 valence electrons. The van der Waals surface area contributed by atoms with Crippen LogP contribution in [0.15, 0.2) is 30.6 Å². The van der Waals surface area contributed by atoms with Crippen LogP contribution in [-0.2, 0) is 0 Å². The molecule has 0 unspecified atom stereocenters. The molecule has 2 heterocycles. The Morgan fingerprint density at radius 3 is 3.12 bits per heavy atom. The maximum atomic E-state index is 8.91. The highest BCUT2D eigenvalue weighted by Gasteiger charge is 2.09. The molecule has 3 rings (SSSR count). The average Bonchev–Trinajstić information content (AvgIpc) is 2.93. The number of nitriles is 1. The fourth-order valence-electron chi connectivity index (χ4n) is 1.57. The van der Waals surface area contributed by atoms with Gasteiger partial charge in [0.05, 0.1) is 10.2 Å². The van der Waals surface area contributed by atoms with E-state index in [0.29, 0.717) is 11.5 Å². The Morgan fingerprint density at radius 1 is 1.41 bits per heavy atom. The van der Waals surface area contributed by atoms with Gasteiger partial charge in [0.2, 0.25) is 5.82 Å². The van der Waals surface area contributed by atoms with Crippen LogP contribution in [0.1, 0.15) is 5.82 Å². The van der Waals surface area contributed by atoms with Crippen molar-refractivity contribution in [2.75, 3.05) is 5.73 Å². The molecular weight excluding hydrogens is 234 g/mol. The number of thiazole rings is 1. The van der Waals surface area contributed by atoms with E-state index in [1.807, 2.05) is 24.3 Å². The van der Waals surface area contributed by atoms with E-state index in [4.69, 9.17) is 11.0 Å². The van der Waals surface area contributed by atoms with E-state index < -0.39 is 0 Å². The van der Waals surface area contributed by atoms with Crippen molar-refractivity contribution in [3.05, 3.63) is 36.4 Å². The summed E-state index contributed by atoms with van der Waals surface area (Å²) in [5.41, 5.74) is 7.29. The Hall–Kier alpha value is -2.39. The molecule has 0 aliphatic rings. The van der Waals surface area contributed by atoms with Gasteiger partial charge in [0, 0.05) is 18.1 Å². The molecule has 0 aliphatic heterocycles. The van der Waals surface area contributed by atoms with Gasteiger partial charge in [-0.2, -0.15) is 5.26 Å². The maximum absolute atomic E-state index is 8.91. The third-order valence-electron chi connectivity index (χ3n) is 2.35. The van der Waals surface area contributed by atoms with Crippen LogP contribution in [0, 0.1) is 11.3 Å². The van der Waals surface area contributed by atoms with Crippen LogP contribution in [0.2, 0.25) is 0 Å². The van der Waals surface area contributed by atoms with Gasteiger partial charge in [0.15, 0.2) is 5.13 Å². The molecule has 1 aromatic carbocycles. The predicted molar refractivity (Wildman–Crippen MR) is 65.9 cm³/mol. The van der Waals surface area contributed by atoms with Crippen molar-refractivity contribution >= 4 is 27.2 Å². The Labute approximate surface area is 101 Å². The number of aromatic nitrogens is 3. The van der Waals surface area contributed by atoms with Gasteiger partial charge in [-0.3, -0.25) is 4.57 Å². The number of imidazole rings is 1. The van der Waals surface area contributed by atoms with Gasteiger partial charge in [0.1, 0.15) is 6.07 Å². The smallest absolute Gasteiger partial charge is 0.219 e. The molecule has 2 aromatic heterocycles. The maximum Gasteiger partial charge on any atom is 0.219 e. The van der Waals surface area contributed by atoms with Gasteiger partial charge in [0.25, 0.3) is 0 Å². The fraction of sp³-hybridized carbons (Fsp3) is 0. The van der Waals surface area contributed by atoms with Crippen LogP contribution < -0.4 is 5.73 Å². The largest absolute Gasteiger partial charge is 0.399 e. The molecular formula is C11H7N5S. The second-order valence-electron chi connectivity index (χ2n) is 3.46. The van der Waals surface area contributed by atoms with Crippen molar-refractivity contribution in [3.63, 3.8) is 0 Å². The van der Waals surface area contributed by atoms with Crippen molar-refractivity contribution in [3.8, 4) is 11.2 Å². The number of fused-ring (bicyclic) bond motifs is 1. The first kappa shape index (κ1) is 9.81. The number of rotatable bonds is 1. The molecule has 5 nitrogen and oxygen atoms in total. The van der Waals surface area contributed by atoms with E-state index in [0.717, 1.165) is 15.3 Å². The van der Waals surface area contributed by atoms with Crippen molar-refractivity contribution in [2.45, 2.75) is 0 Å². The van der Waals surface area contributed by atoms with E-state index in [1.165, 1.54) is 11.3 Å². The first-order valence-corrected chi connectivity index (χ1v) is 5.69. The second kappa shape index (κ2) is 3.57. The standard InChI is InChI=1S/C11H7N5S/c12-6-10-14-3-4-16(10)11-15-8-2-1-7(13)5-9(8)17-11/h1-5H,13H2. The van der Waals surface area contributed by atoms with Crippen molar-refractivity contribution in [1.29, 1.82) is 5.26 Å². The average molecular weight is 241 g/mol. The second-order valence-corrected chi connectivity index (χ2v) is 4.47. The highest BCUT2D eigenvalue weighted by Crippen LogP contribution is 2.26. The van der Waals surface area contributed by atoms with Crippen molar-refractivity contribution in [1.82, 2.24) is 14.5 Å². The number of nitrogens with zero attached hydrogens (tertiary/aromatic N) is 4. The summed E-state index contributed by atoms with van der Waals surface area (Å²) in [6, 6.07) is 7.58. The molecule has 0 amide bonds. The molecule has 0 atom stereocenters. The van der Waals surface area contributed by atoms with E-state index in [9.17, 15) is 0 Å². The lowest BCUT2D eigenvalue weighted by Gasteiger charge is -1.94. The van der Waals surface area contributed by atoms with Crippen LogP contribution in [0.25, 0.3) is 15.3 Å². The highest BCUT2D eigenvalue weighted by molar-refractivity contribution is 7.20. The van der Waals surface area contributed by atoms with Crippen molar-refractivity contribution in [2.24, 2.45) is 0 Å². The Balaban J connectivity index is 2.22. The minimum Gasteiger partial charge on any atom is -0.399 e. The van der Waals surface area contributed by atoms with E-state index in [1.54, 1.807) is 17.0 Å². The summed E-state index contributed by atoms with van der Waals surface area (Å²) in [4.78, 5) is 8.38. The third-order valence-corrected chi connectivity index (χ3v) is 3.37. The monoisotopic (exact) mass is 241 g/mol. The SMILES string of the molecule is N#Cc1nccn1-c1nc2ccc(N)cc2s1. The summed E-state index contributed by atoms with van der Waals surface area (Å²) in [6.45, 7) is 0. The van der Waals surface area contributed by atoms with E-state index in [-0.39, 0.29) is 0 Å². The molecule has 0 saturated heterocycles. The number of nitrogens with two attached hydrogens (primary N) is 1. The minimum atomic E-state index is 0.331. The summed E-state index contributed by atoms with van der Waals surface area (Å²) in [5.74, 6) is 0.331. The number of nitrogen functional groups attached to an aromatic ring is 1. The summed E-state index contributed by atoms with van der Waals surface area (Å²) in [7, 11) is 0. The predicted octanol–water partition coefficient (Wildman–Crippen LogP) is 1.94. The highest BCUT2D eigenvalue weighted by atomic mass is 32.1. The molecule has 17 heavy (non-hydrogen) atoms. The topological polar surface area (TPSA) is 80.5 Å². The number of hydrogen-bond acceptors (Lipinski definition) is 5. The van der Waals surface area contributed by atoms with Gasteiger partial charge >= 0.3 is 0 Å². The fourth-order valence-corrected chi connectivity index (χ4v) is 2.57. The number of benzene rings is 1. The molecule has 0 spiro atoms. The van der Waals surface area contributed by atoms with Crippen LogP contribution in [-0.4, -0.2) is 14.5 Å². The molecule has 0 aliphatic carbocycles. The normalized spacial score (nSPS) is 10.5. The zero-order valence-corrected chi connectivity index (χ0v) is 9.48. The van der Waals surface area contributed by atoms with Gasteiger partial charge < -0.3 is 5.73 Å². The summed E-state index contributed by atoms with van der Waals surface area (Å²) in [5, 5.41) is 9.63. The molecule has 0 radical (unpaired) electrons. The molecule has 6 heteroatoms. The molecule has 0 saturated carbocycles. The van der Waals surface area contributed by atoms with Crippen molar-refractivity contribution < 1.29 is 0 Å². The summed E-state index contributed by atoms with van der Waals surface area (Å²) < 4.78 is 2.67. The van der Waals surface area contributed by atoms with Crippen LogP contribution in [0.5, 0.6) is 0 Å². The minimum absolute atomic E-state index is 0.331. The Morgan fingerprint density at radius 2 is 2.29 bits per heavy atom.